The minimum absolute atomic E-state index is 0.215. The van der Waals surface area contributed by atoms with Gasteiger partial charge in [0.25, 0.3) is 5.56 Å². The predicted octanol–water partition coefficient (Wildman–Crippen LogP) is 2.94. The van der Waals surface area contributed by atoms with Crippen LogP contribution in [-0.2, 0) is 7.05 Å². The van der Waals surface area contributed by atoms with Crippen LogP contribution in [0.15, 0.2) is 41.5 Å². The quantitative estimate of drug-likeness (QED) is 0.572. The summed E-state index contributed by atoms with van der Waals surface area (Å²) in [6.07, 6.45) is 7.06. The molecular formula is C20H21N7O. The first-order chi connectivity index (χ1) is 13.7. The summed E-state index contributed by atoms with van der Waals surface area (Å²) in [4.78, 5) is 26.7. The molecule has 0 aliphatic carbocycles. The average Bonchev–Trinajstić information content (AvgIpc) is 3.10. The van der Waals surface area contributed by atoms with E-state index in [-0.39, 0.29) is 5.56 Å². The molecule has 5 rings (SSSR count). The minimum Gasteiger partial charge on any atom is -0.370 e. The van der Waals surface area contributed by atoms with E-state index in [4.69, 9.17) is 0 Å². The van der Waals surface area contributed by atoms with Crippen LogP contribution in [0.1, 0.15) is 19.3 Å². The fourth-order valence-electron chi connectivity index (χ4n) is 3.88. The minimum atomic E-state index is -0.215. The van der Waals surface area contributed by atoms with Crippen LogP contribution < -0.4 is 15.8 Å². The second-order valence-corrected chi connectivity index (χ2v) is 7.12. The summed E-state index contributed by atoms with van der Waals surface area (Å²) in [7, 11) is 1.77. The Kier molecular flexibility index (Phi) is 3.96. The molecule has 0 radical (unpaired) electrons. The number of pyridine rings is 1. The molecule has 0 saturated carbocycles. The highest BCUT2D eigenvalue weighted by atomic mass is 16.1. The number of nitrogens with zero attached hydrogens (tertiary/aromatic N) is 5. The third kappa shape index (κ3) is 2.77. The van der Waals surface area contributed by atoms with Crippen LogP contribution >= 0.6 is 0 Å². The number of anilines is 3. The maximum absolute atomic E-state index is 12.3. The van der Waals surface area contributed by atoms with E-state index in [9.17, 15) is 4.79 Å². The molecule has 4 heterocycles. The van der Waals surface area contributed by atoms with Crippen molar-refractivity contribution in [1.82, 2.24) is 24.7 Å². The molecule has 0 amide bonds. The Morgan fingerprint density at radius 3 is 2.82 bits per heavy atom. The van der Waals surface area contributed by atoms with Crippen molar-refractivity contribution in [3.63, 3.8) is 0 Å². The fraction of sp³-hybridized carbons (Fsp3) is 0.300. The molecular weight excluding hydrogens is 354 g/mol. The molecule has 8 nitrogen and oxygen atoms in total. The normalized spacial score (nSPS) is 14.7. The highest BCUT2D eigenvalue weighted by Gasteiger charge is 2.16. The number of H-pyrrole nitrogens is 1. The van der Waals surface area contributed by atoms with Gasteiger partial charge >= 0.3 is 0 Å². The van der Waals surface area contributed by atoms with Gasteiger partial charge in [0.15, 0.2) is 5.65 Å². The van der Waals surface area contributed by atoms with Gasteiger partial charge < -0.3 is 10.2 Å². The molecule has 2 N–H and O–H groups in total. The van der Waals surface area contributed by atoms with Gasteiger partial charge in [0.2, 0.25) is 5.95 Å². The van der Waals surface area contributed by atoms with E-state index in [1.165, 1.54) is 25.5 Å². The van der Waals surface area contributed by atoms with Crippen LogP contribution in [0.25, 0.3) is 21.9 Å². The van der Waals surface area contributed by atoms with Gasteiger partial charge in [0, 0.05) is 31.7 Å². The van der Waals surface area contributed by atoms with Gasteiger partial charge in [0.05, 0.1) is 23.1 Å². The number of hydrogen-bond donors (Lipinski definition) is 2. The lowest BCUT2D eigenvalue weighted by Gasteiger charge is -2.29. The van der Waals surface area contributed by atoms with Gasteiger partial charge in [-0.05, 0) is 43.5 Å². The van der Waals surface area contributed by atoms with E-state index < -0.39 is 0 Å². The molecule has 0 spiro atoms. The van der Waals surface area contributed by atoms with E-state index in [1.54, 1.807) is 11.7 Å². The smallest absolute Gasteiger partial charge is 0.263 e. The number of aromatic nitrogens is 5. The maximum Gasteiger partial charge on any atom is 0.263 e. The summed E-state index contributed by atoms with van der Waals surface area (Å²) in [5, 5.41) is 8.84. The Hall–Kier alpha value is -3.42. The number of benzene rings is 1. The molecule has 3 aromatic heterocycles. The topological polar surface area (TPSA) is 91.7 Å². The number of nitrogens with one attached hydrogen (secondary N) is 2. The monoisotopic (exact) mass is 375 g/mol. The fourth-order valence-corrected chi connectivity index (χ4v) is 3.88. The first kappa shape index (κ1) is 16.7. The second-order valence-electron chi connectivity index (χ2n) is 7.12. The summed E-state index contributed by atoms with van der Waals surface area (Å²) < 4.78 is 1.59. The van der Waals surface area contributed by atoms with Crippen LogP contribution in [0.3, 0.4) is 0 Å². The zero-order valence-electron chi connectivity index (χ0n) is 15.6. The molecule has 0 atom stereocenters. The molecule has 0 unspecified atom stereocenters. The van der Waals surface area contributed by atoms with E-state index in [1.807, 2.05) is 24.4 Å². The third-order valence-electron chi connectivity index (χ3n) is 5.30. The van der Waals surface area contributed by atoms with Crippen molar-refractivity contribution in [1.29, 1.82) is 0 Å². The molecule has 1 fully saturated rings. The first-order valence-electron chi connectivity index (χ1n) is 9.52. The zero-order chi connectivity index (χ0) is 19.1. The Balaban J connectivity index is 1.58. The van der Waals surface area contributed by atoms with Crippen molar-refractivity contribution in [2.24, 2.45) is 7.05 Å². The Morgan fingerprint density at radius 1 is 1.11 bits per heavy atom. The van der Waals surface area contributed by atoms with Crippen LogP contribution in [0.4, 0.5) is 17.3 Å². The number of fused-ring (bicyclic) bond motifs is 2. The Bertz CT molecular complexity index is 1220. The van der Waals surface area contributed by atoms with Gasteiger partial charge in [-0.3, -0.25) is 19.4 Å². The van der Waals surface area contributed by atoms with Crippen LogP contribution in [0.5, 0.6) is 0 Å². The maximum atomic E-state index is 12.3. The van der Waals surface area contributed by atoms with Crippen molar-refractivity contribution < 1.29 is 0 Å². The largest absolute Gasteiger partial charge is 0.370 e. The van der Waals surface area contributed by atoms with Crippen LogP contribution in [0.2, 0.25) is 0 Å². The standard InChI is InChI=1S/C20H21N7O/c1-26-18-14(12-22-26)19(28)25-20(24-18)23-15-7-8-16(27-10-3-2-4-11-27)17-13(15)6-5-9-21-17/h5-9,12H,2-4,10-11H2,1H3,(H2,23,24,25,28). The lowest BCUT2D eigenvalue weighted by molar-refractivity contribution is 0.579. The molecule has 1 aliphatic heterocycles. The molecule has 142 valence electrons. The SMILES string of the molecule is Cn1ncc2c(=O)[nH]c(Nc3ccc(N4CCCCC4)c4ncccc34)nc21. The van der Waals surface area contributed by atoms with E-state index in [2.05, 4.69) is 36.3 Å². The molecule has 4 aromatic rings. The average molecular weight is 375 g/mol. The molecule has 0 bridgehead atoms. The van der Waals surface area contributed by atoms with Gasteiger partial charge in [-0.15, -0.1) is 0 Å². The Labute approximate surface area is 161 Å². The van der Waals surface area contributed by atoms with Crippen molar-refractivity contribution in [3.8, 4) is 0 Å². The van der Waals surface area contributed by atoms with Crippen molar-refractivity contribution >= 4 is 39.3 Å². The molecule has 1 aliphatic rings. The molecule has 28 heavy (non-hydrogen) atoms. The van der Waals surface area contributed by atoms with E-state index in [0.717, 1.165) is 35.4 Å². The van der Waals surface area contributed by atoms with Crippen LogP contribution in [-0.4, -0.2) is 37.8 Å². The van der Waals surface area contributed by atoms with E-state index >= 15 is 0 Å². The summed E-state index contributed by atoms with van der Waals surface area (Å²) in [5.41, 5.74) is 3.29. The molecule has 8 heteroatoms. The summed E-state index contributed by atoms with van der Waals surface area (Å²) in [6, 6.07) is 8.10. The number of aromatic amines is 1. The molecule has 1 aromatic carbocycles. The predicted molar refractivity (Wildman–Crippen MR) is 110 cm³/mol. The molecule has 1 saturated heterocycles. The lowest BCUT2D eigenvalue weighted by Crippen LogP contribution is -2.29. The van der Waals surface area contributed by atoms with E-state index in [0.29, 0.717) is 17.0 Å². The van der Waals surface area contributed by atoms with Crippen molar-refractivity contribution in [3.05, 3.63) is 47.0 Å². The number of hydrogen-bond acceptors (Lipinski definition) is 6. The van der Waals surface area contributed by atoms with Gasteiger partial charge in [-0.2, -0.15) is 10.1 Å². The van der Waals surface area contributed by atoms with Crippen molar-refractivity contribution in [2.75, 3.05) is 23.3 Å². The Morgan fingerprint density at radius 2 is 1.96 bits per heavy atom. The zero-order valence-corrected chi connectivity index (χ0v) is 15.6. The summed E-state index contributed by atoms with van der Waals surface area (Å²) >= 11 is 0. The van der Waals surface area contributed by atoms with Gasteiger partial charge in [-0.1, -0.05) is 0 Å². The second kappa shape index (κ2) is 6.63. The van der Waals surface area contributed by atoms with Gasteiger partial charge in [-0.25, -0.2) is 0 Å². The number of rotatable bonds is 3. The first-order valence-corrected chi connectivity index (χ1v) is 9.52. The lowest BCUT2D eigenvalue weighted by atomic mass is 10.1. The van der Waals surface area contributed by atoms with Crippen molar-refractivity contribution in [2.45, 2.75) is 19.3 Å². The highest BCUT2D eigenvalue weighted by Crippen LogP contribution is 2.33. The number of piperidine rings is 1. The summed E-state index contributed by atoms with van der Waals surface area (Å²) in [6.45, 7) is 2.12. The summed E-state index contributed by atoms with van der Waals surface area (Å²) in [5.74, 6) is 0.386. The van der Waals surface area contributed by atoms with Crippen LogP contribution in [0, 0.1) is 0 Å². The van der Waals surface area contributed by atoms with Gasteiger partial charge in [0.1, 0.15) is 5.39 Å². The third-order valence-corrected chi connectivity index (χ3v) is 5.30. The highest BCUT2D eigenvalue weighted by molar-refractivity contribution is 6.00. The number of aryl methyl sites for hydroxylation is 1.